The van der Waals surface area contributed by atoms with Crippen LogP contribution in [-0.2, 0) is 0 Å². The summed E-state index contributed by atoms with van der Waals surface area (Å²) in [5.41, 5.74) is 4.60. The molecule has 1 aromatic heterocycles. The van der Waals surface area contributed by atoms with Crippen molar-refractivity contribution in [2.45, 2.75) is 0 Å². The van der Waals surface area contributed by atoms with Crippen LogP contribution in [0.5, 0.6) is 0 Å². The number of hydrazone groups is 1. The molecule has 0 bridgehead atoms. The van der Waals surface area contributed by atoms with Crippen LogP contribution in [0.2, 0.25) is 0 Å². The first-order valence-electron chi connectivity index (χ1n) is 7.53. The average Bonchev–Trinajstić information content (AvgIpc) is 3.11. The highest BCUT2D eigenvalue weighted by Gasteiger charge is 2.04. The lowest BCUT2D eigenvalue weighted by Crippen LogP contribution is -2.22. The van der Waals surface area contributed by atoms with E-state index in [2.05, 4.69) is 10.5 Å². The molecule has 3 rings (SSSR count). The standard InChI is InChI=1S/C19H15N3O3/c23-18(14-5-2-1-3-6-14)21-20-13-17-7-4-12-22(17)16-10-8-15(9-11-16)19(24)25/h1-13H,(H,21,23)(H,24,25)/p-1/b20-13-. The van der Waals surface area contributed by atoms with Crippen molar-refractivity contribution in [2.24, 2.45) is 5.10 Å². The molecule has 0 aliphatic rings. The molecular weight excluding hydrogens is 318 g/mol. The number of hydrogen-bond donors (Lipinski definition) is 1. The quantitative estimate of drug-likeness (QED) is 0.569. The van der Waals surface area contributed by atoms with Gasteiger partial charge >= 0.3 is 0 Å². The van der Waals surface area contributed by atoms with Crippen LogP contribution < -0.4 is 10.5 Å². The fraction of sp³-hybridized carbons (Fsp3) is 0. The van der Waals surface area contributed by atoms with Gasteiger partial charge in [-0.1, -0.05) is 30.3 Å². The second-order valence-electron chi connectivity index (χ2n) is 5.20. The molecule has 0 fully saturated rings. The molecule has 2 aromatic carbocycles. The number of nitrogens with one attached hydrogen (secondary N) is 1. The van der Waals surface area contributed by atoms with Crippen molar-refractivity contribution < 1.29 is 14.7 Å². The van der Waals surface area contributed by atoms with Crippen LogP contribution in [-0.4, -0.2) is 22.7 Å². The third-order valence-electron chi connectivity index (χ3n) is 3.56. The van der Waals surface area contributed by atoms with Crippen LogP contribution in [0, 0.1) is 0 Å². The maximum atomic E-state index is 11.9. The Bertz CT molecular complexity index is 913. The van der Waals surface area contributed by atoms with Crippen molar-refractivity contribution in [1.82, 2.24) is 9.99 Å². The molecule has 0 saturated carbocycles. The number of carboxylic acids is 1. The first kappa shape index (κ1) is 16.2. The molecular formula is C19H14N3O3-. The summed E-state index contributed by atoms with van der Waals surface area (Å²) in [6.45, 7) is 0. The lowest BCUT2D eigenvalue weighted by Gasteiger charge is -2.08. The third kappa shape index (κ3) is 3.81. The van der Waals surface area contributed by atoms with Gasteiger partial charge in [0.25, 0.3) is 5.91 Å². The van der Waals surface area contributed by atoms with E-state index in [-0.39, 0.29) is 11.5 Å². The van der Waals surface area contributed by atoms with E-state index < -0.39 is 5.97 Å². The fourth-order valence-corrected chi connectivity index (χ4v) is 2.30. The highest BCUT2D eigenvalue weighted by atomic mass is 16.4. The van der Waals surface area contributed by atoms with Crippen molar-refractivity contribution in [3.8, 4) is 5.69 Å². The zero-order valence-corrected chi connectivity index (χ0v) is 13.1. The van der Waals surface area contributed by atoms with Gasteiger partial charge in [-0.15, -0.1) is 0 Å². The molecule has 6 nitrogen and oxygen atoms in total. The molecule has 0 radical (unpaired) electrons. The number of carboxylic acid groups (broad SMARTS) is 1. The monoisotopic (exact) mass is 332 g/mol. The lowest BCUT2D eigenvalue weighted by molar-refractivity contribution is -0.255. The number of nitrogens with zero attached hydrogens (tertiary/aromatic N) is 2. The Balaban J connectivity index is 1.73. The molecule has 6 heteroatoms. The maximum Gasteiger partial charge on any atom is 0.271 e. The number of hydrogen-bond acceptors (Lipinski definition) is 4. The molecule has 25 heavy (non-hydrogen) atoms. The van der Waals surface area contributed by atoms with Crippen LogP contribution in [0.1, 0.15) is 26.4 Å². The van der Waals surface area contributed by atoms with E-state index in [1.807, 2.05) is 29.0 Å². The van der Waals surface area contributed by atoms with Gasteiger partial charge < -0.3 is 14.5 Å². The Morgan fingerprint density at radius 3 is 2.32 bits per heavy atom. The van der Waals surface area contributed by atoms with Crippen molar-refractivity contribution >= 4 is 18.1 Å². The van der Waals surface area contributed by atoms with Gasteiger partial charge in [-0.05, 0) is 42.0 Å². The Hall–Kier alpha value is -3.67. The normalized spacial score (nSPS) is 10.7. The fourth-order valence-electron chi connectivity index (χ4n) is 2.30. The number of amides is 1. The van der Waals surface area contributed by atoms with Crippen LogP contribution in [0.3, 0.4) is 0 Å². The van der Waals surface area contributed by atoms with Crippen molar-refractivity contribution in [2.75, 3.05) is 0 Å². The van der Waals surface area contributed by atoms with Crippen LogP contribution >= 0.6 is 0 Å². The molecule has 1 amide bonds. The van der Waals surface area contributed by atoms with Crippen LogP contribution in [0.15, 0.2) is 78.0 Å². The van der Waals surface area contributed by atoms with Gasteiger partial charge in [0.05, 0.1) is 17.9 Å². The topological polar surface area (TPSA) is 86.5 Å². The minimum Gasteiger partial charge on any atom is -0.545 e. The molecule has 0 unspecified atom stereocenters. The van der Waals surface area contributed by atoms with Crippen molar-refractivity contribution in [3.05, 3.63) is 89.7 Å². The first-order valence-corrected chi connectivity index (χ1v) is 7.53. The van der Waals surface area contributed by atoms with Crippen LogP contribution in [0.25, 0.3) is 5.69 Å². The molecule has 1 heterocycles. The SMILES string of the molecule is O=C([O-])c1ccc(-n2cccc2/C=N\NC(=O)c2ccccc2)cc1. The Kier molecular flexibility index (Phi) is 4.71. The maximum absolute atomic E-state index is 11.9. The van der Waals surface area contributed by atoms with Gasteiger partial charge in [-0.3, -0.25) is 4.79 Å². The third-order valence-corrected chi connectivity index (χ3v) is 3.56. The number of aromatic nitrogens is 1. The van der Waals surface area contributed by atoms with Gasteiger partial charge in [0, 0.05) is 17.4 Å². The molecule has 1 N–H and O–H groups in total. The second-order valence-corrected chi connectivity index (χ2v) is 5.20. The summed E-state index contributed by atoms with van der Waals surface area (Å²) < 4.78 is 1.82. The van der Waals surface area contributed by atoms with Crippen LogP contribution in [0.4, 0.5) is 0 Å². The van der Waals surface area contributed by atoms with E-state index in [0.717, 1.165) is 11.4 Å². The molecule has 124 valence electrons. The second kappa shape index (κ2) is 7.27. The summed E-state index contributed by atoms with van der Waals surface area (Å²) in [4.78, 5) is 22.7. The van der Waals surface area contributed by atoms with Gasteiger partial charge in [0.2, 0.25) is 0 Å². The summed E-state index contributed by atoms with van der Waals surface area (Å²) >= 11 is 0. The number of rotatable bonds is 5. The number of benzene rings is 2. The van der Waals surface area contributed by atoms with E-state index in [1.54, 1.807) is 36.4 Å². The smallest absolute Gasteiger partial charge is 0.271 e. The largest absolute Gasteiger partial charge is 0.545 e. The van der Waals surface area contributed by atoms with Crippen molar-refractivity contribution in [3.63, 3.8) is 0 Å². The van der Waals surface area contributed by atoms with E-state index in [0.29, 0.717) is 5.56 Å². The number of carbonyl (C=O) groups excluding carboxylic acids is 2. The summed E-state index contributed by atoms with van der Waals surface area (Å²) in [6.07, 6.45) is 3.34. The predicted molar refractivity (Wildman–Crippen MR) is 91.6 cm³/mol. The summed E-state index contributed by atoms with van der Waals surface area (Å²) in [5, 5.41) is 14.8. The van der Waals surface area contributed by atoms with Crippen molar-refractivity contribution in [1.29, 1.82) is 0 Å². The minimum atomic E-state index is -1.22. The zero-order valence-electron chi connectivity index (χ0n) is 13.1. The van der Waals surface area contributed by atoms with Gasteiger partial charge in [-0.2, -0.15) is 5.10 Å². The number of aromatic carboxylic acids is 1. The zero-order chi connectivity index (χ0) is 17.6. The number of carbonyl (C=O) groups is 2. The highest BCUT2D eigenvalue weighted by Crippen LogP contribution is 2.12. The molecule has 0 aliphatic heterocycles. The molecule has 0 atom stereocenters. The van der Waals surface area contributed by atoms with Gasteiger partial charge in [-0.25, -0.2) is 5.43 Å². The molecule has 0 aliphatic carbocycles. The highest BCUT2D eigenvalue weighted by molar-refractivity contribution is 5.94. The summed E-state index contributed by atoms with van der Waals surface area (Å²) in [5.74, 6) is -1.52. The Labute approximate surface area is 144 Å². The minimum absolute atomic E-state index is 0.112. The Morgan fingerprint density at radius 1 is 0.920 bits per heavy atom. The van der Waals surface area contributed by atoms with E-state index in [1.165, 1.54) is 18.3 Å². The Morgan fingerprint density at radius 2 is 1.64 bits per heavy atom. The van der Waals surface area contributed by atoms with Gasteiger partial charge in [0.1, 0.15) is 0 Å². The summed E-state index contributed by atoms with van der Waals surface area (Å²) in [7, 11) is 0. The van der Waals surface area contributed by atoms with E-state index in [4.69, 9.17) is 0 Å². The molecule has 0 spiro atoms. The van der Waals surface area contributed by atoms with E-state index in [9.17, 15) is 14.7 Å². The molecule has 3 aromatic rings. The van der Waals surface area contributed by atoms with E-state index >= 15 is 0 Å². The first-order chi connectivity index (χ1) is 12.1. The molecule has 0 saturated heterocycles. The predicted octanol–water partition coefficient (Wildman–Crippen LogP) is 1.60. The lowest BCUT2D eigenvalue weighted by atomic mass is 10.2. The van der Waals surface area contributed by atoms with Gasteiger partial charge in [0.15, 0.2) is 0 Å². The average molecular weight is 332 g/mol. The summed E-state index contributed by atoms with van der Waals surface area (Å²) in [6, 6.07) is 18.7.